The van der Waals surface area contributed by atoms with Crippen LogP contribution in [0.4, 0.5) is 0 Å². The van der Waals surface area contributed by atoms with Gasteiger partial charge in [0.2, 0.25) is 0 Å². The van der Waals surface area contributed by atoms with Gasteiger partial charge in [0.1, 0.15) is 0 Å². The molecular formula is C19H23N3O. The van der Waals surface area contributed by atoms with Crippen molar-refractivity contribution in [3.8, 4) is 0 Å². The van der Waals surface area contributed by atoms with E-state index in [-0.39, 0.29) is 5.91 Å². The van der Waals surface area contributed by atoms with E-state index in [9.17, 15) is 4.79 Å². The normalized spacial score (nSPS) is 16.9. The Labute approximate surface area is 137 Å². The van der Waals surface area contributed by atoms with E-state index < -0.39 is 0 Å². The molecule has 0 aliphatic carbocycles. The fraction of sp³-hybridized carbons (Fsp3) is 0.474. The van der Waals surface area contributed by atoms with Gasteiger partial charge in [0.15, 0.2) is 0 Å². The highest BCUT2D eigenvalue weighted by Gasteiger charge is 2.27. The molecule has 3 heterocycles. The number of hydrogen-bond donors (Lipinski definition) is 0. The number of carbonyl (C=O) groups is 1. The van der Waals surface area contributed by atoms with Gasteiger partial charge in [0.25, 0.3) is 5.91 Å². The molecule has 120 valence electrons. The van der Waals surface area contributed by atoms with Gasteiger partial charge in [-0.05, 0) is 56.2 Å². The number of fused-ring (bicyclic) bond motifs is 2. The Morgan fingerprint density at radius 2 is 2.00 bits per heavy atom. The number of aryl methyl sites for hydroxylation is 3. The molecular weight excluding hydrogens is 286 g/mol. The van der Waals surface area contributed by atoms with Crippen LogP contribution in [-0.2, 0) is 25.9 Å². The van der Waals surface area contributed by atoms with E-state index in [1.807, 2.05) is 9.58 Å². The van der Waals surface area contributed by atoms with Gasteiger partial charge in [-0.15, -0.1) is 0 Å². The number of hydrogen-bond acceptors (Lipinski definition) is 2. The lowest BCUT2D eigenvalue weighted by Crippen LogP contribution is -2.37. The Bertz CT molecular complexity index is 775. The zero-order chi connectivity index (χ0) is 16.0. The maximum absolute atomic E-state index is 13.0. The number of benzene rings is 1. The summed E-state index contributed by atoms with van der Waals surface area (Å²) >= 11 is 0. The molecule has 4 rings (SSSR count). The van der Waals surface area contributed by atoms with E-state index in [2.05, 4.69) is 31.1 Å². The molecule has 0 radical (unpaired) electrons. The van der Waals surface area contributed by atoms with Crippen LogP contribution in [-0.4, -0.2) is 27.1 Å². The van der Waals surface area contributed by atoms with Crippen molar-refractivity contribution in [2.45, 2.75) is 52.6 Å². The summed E-state index contributed by atoms with van der Waals surface area (Å²) in [6.07, 6.45) is 6.03. The number of nitrogens with zero attached hydrogens (tertiary/aromatic N) is 3. The van der Waals surface area contributed by atoms with Gasteiger partial charge in [-0.1, -0.05) is 17.7 Å². The molecule has 2 aliphatic heterocycles. The zero-order valence-corrected chi connectivity index (χ0v) is 13.9. The van der Waals surface area contributed by atoms with Crippen molar-refractivity contribution in [1.82, 2.24) is 14.7 Å². The molecule has 0 spiro atoms. The van der Waals surface area contributed by atoms with Crippen LogP contribution in [0.15, 0.2) is 18.3 Å². The molecule has 4 nitrogen and oxygen atoms in total. The fourth-order valence-electron chi connectivity index (χ4n) is 4.00. The molecule has 1 aromatic heterocycles. The lowest BCUT2D eigenvalue weighted by molar-refractivity contribution is 0.0732. The Hall–Kier alpha value is -2.10. The van der Waals surface area contributed by atoms with Crippen molar-refractivity contribution in [1.29, 1.82) is 0 Å². The van der Waals surface area contributed by atoms with Crippen molar-refractivity contribution >= 4 is 5.91 Å². The van der Waals surface area contributed by atoms with Crippen LogP contribution in [0.2, 0.25) is 0 Å². The first-order valence-corrected chi connectivity index (χ1v) is 8.56. The SMILES string of the molecule is Cc1cc(C)c2c(c1)CCN(C(=O)c1cnn3c1CCCC3)C2. The van der Waals surface area contributed by atoms with Crippen LogP contribution in [0.5, 0.6) is 0 Å². The van der Waals surface area contributed by atoms with Crippen molar-refractivity contribution in [2.24, 2.45) is 0 Å². The van der Waals surface area contributed by atoms with Crippen LogP contribution in [0.25, 0.3) is 0 Å². The molecule has 23 heavy (non-hydrogen) atoms. The predicted octanol–water partition coefficient (Wildman–Crippen LogP) is 3.03. The molecule has 0 unspecified atom stereocenters. The van der Waals surface area contributed by atoms with E-state index >= 15 is 0 Å². The summed E-state index contributed by atoms with van der Waals surface area (Å²) in [5.41, 5.74) is 7.30. The van der Waals surface area contributed by atoms with Crippen LogP contribution in [0.1, 0.15) is 51.1 Å². The van der Waals surface area contributed by atoms with E-state index in [1.165, 1.54) is 22.3 Å². The Kier molecular flexibility index (Phi) is 3.47. The fourth-order valence-corrected chi connectivity index (χ4v) is 4.00. The number of amides is 1. The average molecular weight is 309 g/mol. The summed E-state index contributed by atoms with van der Waals surface area (Å²) in [5.74, 6) is 0.152. The molecule has 0 saturated heterocycles. The summed E-state index contributed by atoms with van der Waals surface area (Å²) < 4.78 is 2.02. The van der Waals surface area contributed by atoms with Crippen LogP contribution in [0, 0.1) is 13.8 Å². The van der Waals surface area contributed by atoms with Gasteiger partial charge in [-0.3, -0.25) is 9.48 Å². The predicted molar refractivity (Wildman–Crippen MR) is 89.5 cm³/mol. The average Bonchev–Trinajstić information content (AvgIpc) is 2.98. The highest BCUT2D eigenvalue weighted by Crippen LogP contribution is 2.26. The second-order valence-corrected chi connectivity index (χ2v) is 6.88. The van der Waals surface area contributed by atoms with E-state index in [1.54, 1.807) is 6.20 Å². The monoisotopic (exact) mass is 309 g/mol. The van der Waals surface area contributed by atoms with Gasteiger partial charge in [0, 0.05) is 19.6 Å². The molecule has 0 fully saturated rings. The van der Waals surface area contributed by atoms with Crippen molar-refractivity contribution in [3.05, 3.63) is 51.8 Å². The Morgan fingerprint density at radius 1 is 1.13 bits per heavy atom. The van der Waals surface area contributed by atoms with E-state index in [0.29, 0.717) is 0 Å². The minimum atomic E-state index is 0.152. The van der Waals surface area contributed by atoms with Gasteiger partial charge in [-0.2, -0.15) is 5.10 Å². The first-order valence-electron chi connectivity index (χ1n) is 8.56. The second-order valence-electron chi connectivity index (χ2n) is 6.88. The van der Waals surface area contributed by atoms with Gasteiger partial charge >= 0.3 is 0 Å². The van der Waals surface area contributed by atoms with Crippen molar-refractivity contribution in [2.75, 3.05) is 6.54 Å². The van der Waals surface area contributed by atoms with E-state index in [0.717, 1.165) is 56.6 Å². The maximum Gasteiger partial charge on any atom is 0.257 e. The third-order valence-corrected chi connectivity index (χ3v) is 5.21. The van der Waals surface area contributed by atoms with Crippen LogP contribution in [0.3, 0.4) is 0 Å². The lowest BCUT2D eigenvalue weighted by atomic mass is 9.93. The Balaban J connectivity index is 1.62. The third kappa shape index (κ3) is 2.46. The summed E-state index contributed by atoms with van der Waals surface area (Å²) in [6.45, 7) is 6.78. The molecule has 0 saturated carbocycles. The quantitative estimate of drug-likeness (QED) is 0.812. The highest BCUT2D eigenvalue weighted by molar-refractivity contribution is 5.95. The van der Waals surface area contributed by atoms with Gasteiger partial charge < -0.3 is 4.90 Å². The summed E-state index contributed by atoms with van der Waals surface area (Å²) in [4.78, 5) is 15.0. The molecule has 0 N–H and O–H groups in total. The van der Waals surface area contributed by atoms with Crippen molar-refractivity contribution < 1.29 is 4.79 Å². The first-order chi connectivity index (χ1) is 11.1. The molecule has 1 amide bonds. The molecule has 0 atom stereocenters. The molecule has 4 heteroatoms. The van der Waals surface area contributed by atoms with Crippen LogP contribution >= 0.6 is 0 Å². The maximum atomic E-state index is 13.0. The largest absolute Gasteiger partial charge is 0.334 e. The first kappa shape index (κ1) is 14.5. The van der Waals surface area contributed by atoms with Crippen LogP contribution < -0.4 is 0 Å². The summed E-state index contributed by atoms with van der Waals surface area (Å²) in [5, 5.41) is 4.42. The minimum absolute atomic E-state index is 0.152. The lowest BCUT2D eigenvalue weighted by Gasteiger charge is -2.30. The van der Waals surface area contributed by atoms with Gasteiger partial charge in [0.05, 0.1) is 17.5 Å². The minimum Gasteiger partial charge on any atom is -0.334 e. The zero-order valence-electron chi connectivity index (χ0n) is 13.9. The molecule has 1 aromatic carbocycles. The van der Waals surface area contributed by atoms with Crippen molar-refractivity contribution in [3.63, 3.8) is 0 Å². The highest BCUT2D eigenvalue weighted by atomic mass is 16.2. The second kappa shape index (κ2) is 5.52. The third-order valence-electron chi connectivity index (χ3n) is 5.21. The van der Waals surface area contributed by atoms with E-state index in [4.69, 9.17) is 0 Å². The Morgan fingerprint density at radius 3 is 2.87 bits per heavy atom. The number of aromatic nitrogens is 2. The molecule has 0 bridgehead atoms. The molecule has 2 aliphatic rings. The molecule has 2 aromatic rings. The topological polar surface area (TPSA) is 38.1 Å². The number of rotatable bonds is 1. The van der Waals surface area contributed by atoms with Gasteiger partial charge in [-0.25, -0.2) is 0 Å². The summed E-state index contributed by atoms with van der Waals surface area (Å²) in [7, 11) is 0. The smallest absolute Gasteiger partial charge is 0.257 e. The standard InChI is InChI=1S/C19H23N3O/c1-13-9-14(2)17-12-21(8-6-15(17)10-13)19(23)16-11-20-22-7-4-3-5-18(16)22/h9-11H,3-8,12H2,1-2H3. The number of carbonyl (C=O) groups excluding carboxylic acids is 1. The summed E-state index contributed by atoms with van der Waals surface area (Å²) in [6, 6.07) is 4.49.